The molecule has 6 nitrogen and oxygen atoms in total. The molecule has 0 aliphatic carbocycles. The van der Waals surface area contributed by atoms with Crippen LogP contribution in [-0.2, 0) is 19.6 Å². The Morgan fingerprint density at radius 1 is 1.00 bits per heavy atom. The van der Waals surface area contributed by atoms with E-state index in [4.69, 9.17) is 4.74 Å². The zero-order chi connectivity index (χ0) is 24.0. The summed E-state index contributed by atoms with van der Waals surface area (Å²) in [7, 11) is -3.57. The maximum atomic E-state index is 13.1. The summed E-state index contributed by atoms with van der Waals surface area (Å²) in [4.78, 5) is 12.9. The molecule has 1 aliphatic heterocycles. The number of fused-ring (bicyclic) bond motifs is 1. The van der Waals surface area contributed by atoms with Gasteiger partial charge in [0.05, 0.1) is 11.0 Å². The predicted molar refractivity (Wildman–Crippen MR) is 134 cm³/mol. The van der Waals surface area contributed by atoms with Crippen molar-refractivity contribution in [3.63, 3.8) is 0 Å². The number of piperidine rings is 1. The van der Waals surface area contributed by atoms with Crippen LogP contribution in [0.2, 0.25) is 0 Å². The normalized spacial score (nSPS) is 16.4. The number of nitrogens with zero attached hydrogens (tertiary/aromatic N) is 1. The Morgan fingerprint density at radius 3 is 2.41 bits per heavy atom. The van der Waals surface area contributed by atoms with Gasteiger partial charge in [0.1, 0.15) is 0 Å². The molecule has 0 aromatic heterocycles. The highest BCUT2D eigenvalue weighted by molar-refractivity contribution is 7.89. The first-order valence-corrected chi connectivity index (χ1v) is 13.3. The molecule has 1 N–H and O–H groups in total. The second kappa shape index (κ2) is 11.1. The number of ether oxygens (including phenoxy) is 1. The first-order valence-electron chi connectivity index (χ1n) is 11.9. The molecule has 0 radical (unpaired) electrons. The number of sulfonamides is 1. The van der Waals surface area contributed by atoms with Crippen molar-refractivity contribution in [2.45, 2.75) is 37.2 Å². The summed E-state index contributed by atoms with van der Waals surface area (Å²) in [6.07, 6.45) is 1.81. The van der Waals surface area contributed by atoms with Crippen LogP contribution in [0.25, 0.3) is 10.8 Å². The van der Waals surface area contributed by atoms with E-state index in [-0.39, 0.29) is 17.9 Å². The van der Waals surface area contributed by atoms with Gasteiger partial charge < -0.3 is 10.1 Å². The molecule has 1 unspecified atom stereocenters. The zero-order valence-corrected chi connectivity index (χ0v) is 20.3. The third-order valence-electron chi connectivity index (χ3n) is 6.44. The van der Waals surface area contributed by atoms with E-state index in [2.05, 4.69) is 5.32 Å². The smallest absolute Gasteiger partial charge is 0.243 e. The van der Waals surface area contributed by atoms with E-state index in [1.165, 1.54) is 4.31 Å². The molecule has 1 heterocycles. The van der Waals surface area contributed by atoms with E-state index in [1.54, 1.807) is 12.1 Å². The van der Waals surface area contributed by atoms with Crippen LogP contribution in [0.5, 0.6) is 0 Å². The summed E-state index contributed by atoms with van der Waals surface area (Å²) < 4.78 is 33.6. The third kappa shape index (κ3) is 5.84. The van der Waals surface area contributed by atoms with Crippen LogP contribution in [0.1, 0.15) is 37.9 Å². The molecule has 7 heteroatoms. The van der Waals surface area contributed by atoms with Crippen molar-refractivity contribution in [3.8, 4) is 0 Å². The quantitative estimate of drug-likeness (QED) is 0.457. The number of benzene rings is 3. The van der Waals surface area contributed by atoms with E-state index < -0.39 is 10.0 Å². The van der Waals surface area contributed by atoms with Gasteiger partial charge in [0, 0.05) is 32.2 Å². The van der Waals surface area contributed by atoms with E-state index in [1.807, 2.05) is 67.6 Å². The Balaban J connectivity index is 1.21. The van der Waals surface area contributed by atoms with E-state index >= 15 is 0 Å². The van der Waals surface area contributed by atoms with Gasteiger partial charge in [0.25, 0.3) is 0 Å². The summed E-state index contributed by atoms with van der Waals surface area (Å²) in [5.41, 5.74) is 1.14. The molecule has 1 saturated heterocycles. The summed E-state index contributed by atoms with van der Waals surface area (Å²) in [6, 6.07) is 23.0. The van der Waals surface area contributed by atoms with Crippen molar-refractivity contribution < 1.29 is 17.9 Å². The van der Waals surface area contributed by atoms with Crippen molar-refractivity contribution in [1.29, 1.82) is 0 Å². The lowest BCUT2D eigenvalue weighted by molar-refractivity contribution is -0.126. The van der Waals surface area contributed by atoms with Crippen LogP contribution >= 0.6 is 0 Å². The Labute approximate surface area is 202 Å². The standard InChI is InChI=1S/C27H32N2O4S/c1-21(22-8-3-2-4-9-22)33-19-7-16-28-27(30)24-14-17-29(18-15-24)34(31,32)26-13-12-23-10-5-6-11-25(23)20-26/h2-6,8-13,20-21,24H,7,14-19H2,1H3,(H,28,30). The molecular formula is C27H32N2O4S. The average molecular weight is 481 g/mol. The predicted octanol–water partition coefficient (Wildman–Crippen LogP) is 4.52. The Bertz CT molecular complexity index is 1210. The van der Waals surface area contributed by atoms with Crippen LogP contribution in [-0.4, -0.2) is 44.9 Å². The SMILES string of the molecule is CC(OCCCNC(=O)C1CCN(S(=O)(=O)c2ccc3ccccc3c2)CC1)c1ccccc1. The van der Waals surface area contributed by atoms with Gasteiger partial charge in [-0.25, -0.2) is 8.42 Å². The van der Waals surface area contributed by atoms with Crippen LogP contribution in [0.4, 0.5) is 0 Å². The summed E-state index contributed by atoms with van der Waals surface area (Å²) in [6.45, 7) is 3.85. The Kier molecular flexibility index (Phi) is 7.98. The fourth-order valence-electron chi connectivity index (χ4n) is 4.34. The summed E-state index contributed by atoms with van der Waals surface area (Å²) in [5.74, 6) is -0.161. The molecule has 1 atom stereocenters. The lowest BCUT2D eigenvalue weighted by Crippen LogP contribution is -2.43. The van der Waals surface area contributed by atoms with Gasteiger partial charge in [-0.3, -0.25) is 4.79 Å². The molecule has 0 bridgehead atoms. The highest BCUT2D eigenvalue weighted by atomic mass is 32.2. The summed E-state index contributed by atoms with van der Waals surface area (Å²) in [5, 5.41) is 4.90. The van der Waals surface area contributed by atoms with Gasteiger partial charge in [-0.05, 0) is 54.7 Å². The minimum Gasteiger partial charge on any atom is -0.374 e. The van der Waals surface area contributed by atoms with Gasteiger partial charge in [-0.1, -0.05) is 60.7 Å². The highest BCUT2D eigenvalue weighted by Crippen LogP contribution is 2.26. The zero-order valence-electron chi connectivity index (χ0n) is 19.5. The van der Waals surface area contributed by atoms with E-state index in [0.717, 1.165) is 22.8 Å². The lowest BCUT2D eigenvalue weighted by Gasteiger charge is -2.30. The molecule has 3 aromatic rings. The van der Waals surface area contributed by atoms with Crippen LogP contribution in [0, 0.1) is 5.92 Å². The van der Waals surface area contributed by atoms with E-state index in [9.17, 15) is 13.2 Å². The van der Waals surface area contributed by atoms with Gasteiger partial charge in [0.15, 0.2) is 0 Å². The molecule has 180 valence electrons. The minimum atomic E-state index is -3.57. The Hall–Kier alpha value is -2.74. The maximum Gasteiger partial charge on any atom is 0.243 e. The van der Waals surface area contributed by atoms with Crippen LogP contribution in [0.3, 0.4) is 0 Å². The molecule has 0 saturated carbocycles. The summed E-state index contributed by atoms with van der Waals surface area (Å²) >= 11 is 0. The average Bonchev–Trinajstić information content (AvgIpc) is 2.88. The van der Waals surface area contributed by atoms with Crippen molar-refractivity contribution >= 4 is 26.7 Å². The second-order valence-electron chi connectivity index (χ2n) is 8.76. The fraction of sp³-hybridized carbons (Fsp3) is 0.370. The molecule has 1 aliphatic rings. The number of carbonyl (C=O) groups is 1. The van der Waals surface area contributed by atoms with Gasteiger partial charge in [-0.2, -0.15) is 4.31 Å². The monoisotopic (exact) mass is 480 g/mol. The molecule has 0 spiro atoms. The van der Waals surface area contributed by atoms with Gasteiger partial charge in [-0.15, -0.1) is 0 Å². The van der Waals surface area contributed by atoms with Crippen molar-refractivity contribution in [1.82, 2.24) is 9.62 Å². The molecule has 34 heavy (non-hydrogen) atoms. The number of rotatable bonds is 9. The van der Waals surface area contributed by atoms with E-state index in [0.29, 0.717) is 44.0 Å². The van der Waals surface area contributed by atoms with Crippen molar-refractivity contribution in [2.24, 2.45) is 5.92 Å². The molecule has 3 aromatic carbocycles. The minimum absolute atomic E-state index is 0.00105. The molecule has 4 rings (SSSR count). The first-order chi connectivity index (χ1) is 16.4. The molecule has 1 fully saturated rings. The fourth-order valence-corrected chi connectivity index (χ4v) is 5.85. The number of hydrogen-bond acceptors (Lipinski definition) is 4. The number of amides is 1. The Morgan fingerprint density at radius 2 is 1.68 bits per heavy atom. The number of carbonyl (C=O) groups excluding carboxylic acids is 1. The number of hydrogen-bond donors (Lipinski definition) is 1. The molecule has 1 amide bonds. The number of nitrogens with one attached hydrogen (secondary N) is 1. The van der Waals surface area contributed by atoms with Crippen molar-refractivity contribution in [2.75, 3.05) is 26.2 Å². The van der Waals surface area contributed by atoms with Crippen LogP contribution in [0.15, 0.2) is 77.7 Å². The van der Waals surface area contributed by atoms with Gasteiger partial charge in [0.2, 0.25) is 15.9 Å². The van der Waals surface area contributed by atoms with Gasteiger partial charge >= 0.3 is 0 Å². The highest BCUT2D eigenvalue weighted by Gasteiger charge is 2.32. The first kappa shape index (κ1) is 24.4. The topological polar surface area (TPSA) is 75.7 Å². The maximum absolute atomic E-state index is 13.1. The lowest BCUT2D eigenvalue weighted by atomic mass is 9.97. The second-order valence-corrected chi connectivity index (χ2v) is 10.7. The third-order valence-corrected chi connectivity index (χ3v) is 8.34. The largest absolute Gasteiger partial charge is 0.374 e. The molecular weight excluding hydrogens is 448 g/mol. The van der Waals surface area contributed by atoms with Crippen LogP contribution < -0.4 is 5.32 Å². The van der Waals surface area contributed by atoms with Crippen molar-refractivity contribution in [3.05, 3.63) is 78.4 Å².